The lowest BCUT2D eigenvalue weighted by atomic mass is 9.99. The van der Waals surface area contributed by atoms with Crippen LogP contribution in [0.1, 0.15) is 76.7 Å². The Morgan fingerprint density at radius 1 is 0.878 bits per heavy atom. The number of aromatic nitrogens is 3. The second-order valence-electron chi connectivity index (χ2n) is 12.3. The largest absolute Gasteiger partial charge is 0.381 e. The molecule has 2 amide bonds. The highest BCUT2D eigenvalue weighted by molar-refractivity contribution is 6.00. The van der Waals surface area contributed by atoms with Gasteiger partial charge >= 0.3 is 0 Å². The number of ether oxygens (including phenoxy) is 1. The van der Waals surface area contributed by atoms with Gasteiger partial charge in [0.2, 0.25) is 0 Å². The molecule has 2 aromatic heterocycles. The number of fused-ring (bicyclic) bond motifs is 1. The Labute approximate surface area is 286 Å². The van der Waals surface area contributed by atoms with Gasteiger partial charge in [-0.3, -0.25) is 9.59 Å². The van der Waals surface area contributed by atoms with Crippen LogP contribution in [-0.2, 0) is 37.2 Å². The zero-order valence-corrected chi connectivity index (χ0v) is 28.3. The quantitative estimate of drug-likeness (QED) is 0.135. The number of amides is 2. The second kappa shape index (κ2) is 15.4. The number of benzene rings is 3. The van der Waals surface area contributed by atoms with Crippen LogP contribution in [-0.4, -0.2) is 45.8 Å². The van der Waals surface area contributed by atoms with E-state index in [0.29, 0.717) is 42.9 Å². The van der Waals surface area contributed by atoms with Gasteiger partial charge in [0, 0.05) is 66.8 Å². The maximum Gasteiger partial charge on any atom is 0.251 e. The molecule has 0 saturated carbocycles. The van der Waals surface area contributed by atoms with E-state index in [2.05, 4.69) is 34.9 Å². The first-order valence-electron chi connectivity index (χ1n) is 17.1. The third kappa shape index (κ3) is 7.65. The van der Waals surface area contributed by atoms with Crippen molar-refractivity contribution in [3.8, 4) is 11.1 Å². The van der Waals surface area contributed by atoms with Gasteiger partial charge in [0.25, 0.3) is 11.8 Å². The average molecular weight is 663 g/mol. The van der Waals surface area contributed by atoms with Crippen molar-refractivity contribution in [2.24, 2.45) is 0 Å². The predicted octanol–water partition coefficient (Wildman–Crippen LogP) is 6.83. The van der Waals surface area contributed by atoms with Crippen molar-refractivity contribution in [1.29, 1.82) is 0 Å². The van der Waals surface area contributed by atoms with Crippen molar-refractivity contribution in [3.63, 3.8) is 0 Å². The van der Waals surface area contributed by atoms with E-state index in [1.165, 1.54) is 6.07 Å². The summed E-state index contributed by atoms with van der Waals surface area (Å²) in [5.74, 6) is -0.936. The first-order valence-corrected chi connectivity index (χ1v) is 17.1. The van der Waals surface area contributed by atoms with Gasteiger partial charge in [0.05, 0.1) is 17.3 Å². The molecular formula is C39H43FN6O3. The Balaban J connectivity index is 1.16. The molecule has 0 aliphatic carbocycles. The lowest BCUT2D eigenvalue weighted by molar-refractivity contribution is 0.0904. The fraction of sp³-hybridized carbons (Fsp3) is 0.333. The molecule has 0 radical (unpaired) electrons. The topological polar surface area (TPSA) is 110 Å². The van der Waals surface area contributed by atoms with Crippen LogP contribution in [0, 0.1) is 5.82 Å². The number of nitrogens with one attached hydrogen (secondary N) is 3. The van der Waals surface area contributed by atoms with Gasteiger partial charge in [-0.15, -0.1) is 0 Å². The van der Waals surface area contributed by atoms with E-state index in [1.807, 2.05) is 42.1 Å². The van der Waals surface area contributed by atoms with E-state index >= 15 is 0 Å². The summed E-state index contributed by atoms with van der Waals surface area (Å²) in [6.07, 6.45) is 5.17. The van der Waals surface area contributed by atoms with Crippen LogP contribution < -0.4 is 16.0 Å². The minimum atomic E-state index is -0.327. The standard InChI is InChI=1S/C39H43FN6O3/c1-4-25-9-7-10-27(19-25)31-20-26(13-14-34(31)40)22-41-38(47)28-11-8-12-29(21-28)39(48)42-23-32-35(5-2)45-37-33(24-43-46(37)6-3)36(32)44-30-15-17-49-18-16-30/h7-14,19-21,24,30H,4-6,15-18,22-23H2,1-3H3,(H,41,47)(H,42,48)(H,44,45). The van der Waals surface area contributed by atoms with Crippen LogP contribution in [0.15, 0.2) is 72.9 Å². The summed E-state index contributed by atoms with van der Waals surface area (Å²) in [4.78, 5) is 31.6. The summed E-state index contributed by atoms with van der Waals surface area (Å²) in [6.45, 7) is 8.75. The number of carbonyl (C=O) groups excluding carboxylic acids is 2. The molecule has 9 nitrogen and oxygen atoms in total. The van der Waals surface area contributed by atoms with Crippen LogP contribution in [0.2, 0.25) is 0 Å². The number of hydrogen-bond acceptors (Lipinski definition) is 6. The molecule has 1 fully saturated rings. The highest BCUT2D eigenvalue weighted by Crippen LogP contribution is 2.31. The van der Waals surface area contributed by atoms with Gasteiger partial charge < -0.3 is 20.7 Å². The molecule has 6 rings (SSSR count). The molecule has 254 valence electrons. The highest BCUT2D eigenvalue weighted by atomic mass is 19.1. The number of hydrogen-bond donors (Lipinski definition) is 3. The second-order valence-corrected chi connectivity index (χ2v) is 12.3. The van der Waals surface area contributed by atoms with Crippen LogP contribution >= 0.6 is 0 Å². The van der Waals surface area contributed by atoms with E-state index < -0.39 is 0 Å². The highest BCUT2D eigenvalue weighted by Gasteiger charge is 2.22. The minimum absolute atomic E-state index is 0.211. The van der Waals surface area contributed by atoms with Gasteiger partial charge in [0.15, 0.2) is 5.65 Å². The summed E-state index contributed by atoms with van der Waals surface area (Å²) in [5.41, 5.74) is 7.52. The molecule has 10 heteroatoms. The number of pyridine rings is 1. The molecule has 1 aliphatic heterocycles. The van der Waals surface area contributed by atoms with Gasteiger partial charge in [-0.1, -0.05) is 50.2 Å². The first-order chi connectivity index (χ1) is 23.9. The number of anilines is 1. The lowest BCUT2D eigenvalue weighted by Crippen LogP contribution is -2.30. The Morgan fingerprint density at radius 2 is 1.61 bits per heavy atom. The fourth-order valence-corrected chi connectivity index (χ4v) is 6.32. The third-order valence-electron chi connectivity index (χ3n) is 9.12. The van der Waals surface area contributed by atoms with Gasteiger partial charge in [-0.2, -0.15) is 5.10 Å². The SMILES string of the molecule is CCc1cccc(-c2cc(CNC(=O)c3cccc(C(=O)NCc4c(CC)nc5c(cnn5CC)c4NC4CCOCC4)c3)ccc2F)c1. The summed E-state index contributed by atoms with van der Waals surface area (Å²) in [5, 5.41) is 15.2. The zero-order chi connectivity index (χ0) is 34.3. The summed E-state index contributed by atoms with van der Waals surface area (Å²) in [7, 11) is 0. The zero-order valence-electron chi connectivity index (χ0n) is 28.3. The molecule has 0 atom stereocenters. The van der Waals surface area contributed by atoms with Crippen LogP contribution in [0.4, 0.5) is 10.1 Å². The van der Waals surface area contributed by atoms with Gasteiger partial charge in [-0.05, 0) is 79.6 Å². The normalized spacial score (nSPS) is 13.4. The van der Waals surface area contributed by atoms with Crippen LogP contribution in [0.25, 0.3) is 22.2 Å². The molecule has 3 aromatic carbocycles. The van der Waals surface area contributed by atoms with E-state index in [4.69, 9.17) is 9.72 Å². The van der Waals surface area contributed by atoms with E-state index in [1.54, 1.807) is 36.4 Å². The van der Waals surface area contributed by atoms with Gasteiger partial charge in [-0.25, -0.2) is 14.1 Å². The van der Waals surface area contributed by atoms with Crippen LogP contribution in [0.5, 0.6) is 0 Å². The van der Waals surface area contributed by atoms with Crippen LogP contribution in [0.3, 0.4) is 0 Å². The summed E-state index contributed by atoms with van der Waals surface area (Å²) < 4.78 is 22.2. The Kier molecular flexibility index (Phi) is 10.6. The van der Waals surface area contributed by atoms with Crippen molar-refractivity contribution < 1.29 is 18.7 Å². The number of nitrogens with zero attached hydrogens (tertiary/aromatic N) is 3. The van der Waals surface area contributed by atoms with Crippen molar-refractivity contribution in [3.05, 3.63) is 112 Å². The molecule has 49 heavy (non-hydrogen) atoms. The lowest BCUT2D eigenvalue weighted by Gasteiger charge is -2.26. The smallest absolute Gasteiger partial charge is 0.251 e. The predicted molar refractivity (Wildman–Crippen MR) is 190 cm³/mol. The summed E-state index contributed by atoms with van der Waals surface area (Å²) in [6, 6.07) is 19.6. The van der Waals surface area contributed by atoms with Crippen molar-refractivity contribution in [1.82, 2.24) is 25.4 Å². The molecule has 1 aliphatic rings. The molecule has 0 bridgehead atoms. The molecule has 1 saturated heterocycles. The molecule has 3 heterocycles. The van der Waals surface area contributed by atoms with Crippen molar-refractivity contribution >= 4 is 28.5 Å². The Bertz CT molecular complexity index is 1970. The molecule has 0 spiro atoms. The van der Waals surface area contributed by atoms with E-state index in [0.717, 1.165) is 63.9 Å². The minimum Gasteiger partial charge on any atom is -0.381 e. The Morgan fingerprint density at radius 3 is 2.33 bits per heavy atom. The third-order valence-corrected chi connectivity index (χ3v) is 9.12. The number of rotatable bonds is 12. The first kappa shape index (κ1) is 33.8. The molecule has 0 unspecified atom stereocenters. The fourth-order valence-electron chi connectivity index (χ4n) is 6.32. The van der Waals surface area contributed by atoms with Crippen molar-refractivity contribution in [2.45, 2.75) is 72.1 Å². The number of halogens is 1. The molecular weight excluding hydrogens is 619 g/mol. The van der Waals surface area contributed by atoms with E-state index in [-0.39, 0.29) is 36.8 Å². The molecule has 3 N–H and O–H groups in total. The number of aryl methyl sites for hydroxylation is 3. The monoisotopic (exact) mass is 662 g/mol. The van der Waals surface area contributed by atoms with Crippen molar-refractivity contribution in [2.75, 3.05) is 18.5 Å². The molecule has 5 aromatic rings. The van der Waals surface area contributed by atoms with Gasteiger partial charge in [0.1, 0.15) is 5.82 Å². The van der Waals surface area contributed by atoms with E-state index in [9.17, 15) is 14.0 Å². The maximum absolute atomic E-state index is 14.8. The Hall–Kier alpha value is -5.09. The summed E-state index contributed by atoms with van der Waals surface area (Å²) >= 11 is 0. The number of carbonyl (C=O) groups is 2. The maximum atomic E-state index is 14.8. The average Bonchev–Trinajstić information content (AvgIpc) is 3.57.